The largest absolute Gasteiger partial charge is 0.377 e. The summed E-state index contributed by atoms with van der Waals surface area (Å²) in [4.78, 5) is 17.2. The van der Waals surface area contributed by atoms with E-state index in [2.05, 4.69) is 10.2 Å². The number of hydrogen-bond acceptors (Lipinski definition) is 3. The second-order valence-corrected chi connectivity index (χ2v) is 6.92. The Bertz CT molecular complexity index is 557. The van der Waals surface area contributed by atoms with Gasteiger partial charge < -0.3 is 15.0 Å². The van der Waals surface area contributed by atoms with E-state index >= 15 is 0 Å². The molecule has 2 heterocycles. The summed E-state index contributed by atoms with van der Waals surface area (Å²) in [7, 11) is 1.70. The SMILES string of the molecule is COC(C)c1cccc(NC(=O)N2CCCC(N3CCCC3)C2)c1. The third-order valence-electron chi connectivity index (χ3n) is 5.30. The summed E-state index contributed by atoms with van der Waals surface area (Å²) in [6.45, 7) is 6.09. The van der Waals surface area contributed by atoms with Crippen LogP contribution in [-0.4, -0.2) is 55.2 Å². The van der Waals surface area contributed by atoms with E-state index in [-0.39, 0.29) is 12.1 Å². The lowest BCUT2D eigenvalue weighted by atomic mass is 10.0. The summed E-state index contributed by atoms with van der Waals surface area (Å²) in [5, 5.41) is 3.06. The van der Waals surface area contributed by atoms with Crippen LogP contribution in [0.25, 0.3) is 0 Å². The molecule has 2 atom stereocenters. The fraction of sp³-hybridized carbons (Fsp3) is 0.632. The highest BCUT2D eigenvalue weighted by Gasteiger charge is 2.29. The Morgan fingerprint density at radius 3 is 2.79 bits per heavy atom. The summed E-state index contributed by atoms with van der Waals surface area (Å²) >= 11 is 0. The van der Waals surface area contributed by atoms with Crippen molar-refractivity contribution >= 4 is 11.7 Å². The van der Waals surface area contributed by atoms with Gasteiger partial charge >= 0.3 is 6.03 Å². The van der Waals surface area contributed by atoms with Crippen LogP contribution < -0.4 is 5.32 Å². The van der Waals surface area contributed by atoms with Crippen molar-refractivity contribution in [1.29, 1.82) is 0 Å². The number of urea groups is 1. The van der Waals surface area contributed by atoms with Crippen LogP contribution in [0, 0.1) is 0 Å². The molecular formula is C19H29N3O2. The van der Waals surface area contributed by atoms with E-state index in [4.69, 9.17) is 4.74 Å². The molecule has 0 saturated carbocycles. The number of carbonyl (C=O) groups is 1. The topological polar surface area (TPSA) is 44.8 Å². The molecule has 2 saturated heterocycles. The van der Waals surface area contributed by atoms with Gasteiger partial charge in [-0.1, -0.05) is 12.1 Å². The molecule has 2 amide bonds. The average molecular weight is 331 g/mol. The number of likely N-dealkylation sites (tertiary alicyclic amines) is 2. The molecule has 2 aliphatic heterocycles. The Labute approximate surface area is 145 Å². The van der Waals surface area contributed by atoms with Crippen molar-refractivity contribution in [2.45, 2.75) is 44.8 Å². The number of nitrogens with one attached hydrogen (secondary N) is 1. The van der Waals surface area contributed by atoms with Gasteiger partial charge in [0.25, 0.3) is 0 Å². The zero-order valence-electron chi connectivity index (χ0n) is 14.8. The quantitative estimate of drug-likeness (QED) is 0.918. The molecule has 0 bridgehead atoms. The molecule has 1 aromatic carbocycles. The van der Waals surface area contributed by atoms with E-state index in [1.165, 1.54) is 32.4 Å². The number of amides is 2. The molecule has 2 aliphatic rings. The molecule has 2 unspecified atom stereocenters. The number of rotatable bonds is 4. The van der Waals surface area contributed by atoms with E-state index in [9.17, 15) is 4.79 Å². The van der Waals surface area contributed by atoms with Crippen LogP contribution in [0.1, 0.15) is 44.3 Å². The number of benzene rings is 1. The van der Waals surface area contributed by atoms with E-state index in [0.29, 0.717) is 6.04 Å². The Balaban J connectivity index is 1.60. The maximum absolute atomic E-state index is 12.6. The van der Waals surface area contributed by atoms with E-state index < -0.39 is 0 Å². The number of nitrogens with zero attached hydrogens (tertiary/aromatic N) is 2. The van der Waals surface area contributed by atoms with E-state index in [0.717, 1.165) is 30.8 Å². The minimum absolute atomic E-state index is 0.0149. The summed E-state index contributed by atoms with van der Waals surface area (Å²) in [5.41, 5.74) is 1.91. The average Bonchev–Trinajstić information content (AvgIpc) is 3.16. The maximum Gasteiger partial charge on any atom is 0.321 e. The van der Waals surface area contributed by atoms with Gasteiger partial charge in [0.05, 0.1) is 6.10 Å². The highest BCUT2D eigenvalue weighted by Crippen LogP contribution is 2.22. The van der Waals surface area contributed by atoms with Crippen LogP contribution in [0.2, 0.25) is 0 Å². The van der Waals surface area contributed by atoms with Gasteiger partial charge in [0, 0.05) is 31.9 Å². The van der Waals surface area contributed by atoms with Crippen LogP contribution in [0.5, 0.6) is 0 Å². The third kappa shape index (κ3) is 4.08. The Morgan fingerprint density at radius 2 is 2.04 bits per heavy atom. The summed E-state index contributed by atoms with van der Waals surface area (Å²) in [6.07, 6.45) is 4.93. The fourth-order valence-electron chi connectivity index (χ4n) is 3.75. The van der Waals surface area contributed by atoms with Gasteiger partial charge in [-0.15, -0.1) is 0 Å². The molecule has 2 fully saturated rings. The van der Waals surface area contributed by atoms with Crippen molar-refractivity contribution in [1.82, 2.24) is 9.80 Å². The minimum atomic E-state index is 0.0149. The van der Waals surface area contributed by atoms with Crippen LogP contribution in [0.3, 0.4) is 0 Å². The standard InChI is InChI=1S/C19H29N3O2/c1-15(24-2)16-7-5-8-17(13-16)20-19(23)22-12-6-9-18(14-22)21-10-3-4-11-21/h5,7-8,13,15,18H,3-4,6,9-12,14H2,1-2H3,(H,20,23). The third-order valence-corrected chi connectivity index (χ3v) is 5.30. The van der Waals surface area contributed by atoms with Crippen LogP contribution in [-0.2, 0) is 4.74 Å². The summed E-state index contributed by atoms with van der Waals surface area (Å²) < 4.78 is 5.35. The molecule has 0 aromatic heterocycles. The van der Waals surface area contributed by atoms with Gasteiger partial charge in [0.15, 0.2) is 0 Å². The summed E-state index contributed by atoms with van der Waals surface area (Å²) in [5.74, 6) is 0. The van der Waals surface area contributed by atoms with Crippen molar-refractivity contribution < 1.29 is 9.53 Å². The zero-order chi connectivity index (χ0) is 16.9. The summed E-state index contributed by atoms with van der Waals surface area (Å²) in [6, 6.07) is 8.46. The molecular weight excluding hydrogens is 302 g/mol. The van der Waals surface area contributed by atoms with E-state index in [1.807, 2.05) is 36.1 Å². The highest BCUT2D eigenvalue weighted by molar-refractivity contribution is 5.89. The van der Waals surface area contributed by atoms with Crippen LogP contribution in [0.4, 0.5) is 10.5 Å². The van der Waals surface area contributed by atoms with Crippen molar-refractivity contribution in [2.75, 3.05) is 38.6 Å². The maximum atomic E-state index is 12.6. The molecule has 0 aliphatic carbocycles. The van der Waals surface area contributed by atoms with Gasteiger partial charge in [0.2, 0.25) is 0 Å². The van der Waals surface area contributed by atoms with Crippen molar-refractivity contribution in [2.24, 2.45) is 0 Å². The first kappa shape index (κ1) is 17.2. The van der Waals surface area contributed by atoms with Gasteiger partial charge in [-0.05, 0) is 63.4 Å². The number of methoxy groups -OCH3 is 1. The first-order chi connectivity index (χ1) is 11.7. The molecule has 0 spiro atoms. The van der Waals surface area contributed by atoms with Gasteiger partial charge in [-0.3, -0.25) is 4.90 Å². The molecule has 1 aromatic rings. The number of anilines is 1. The fourth-order valence-corrected chi connectivity index (χ4v) is 3.75. The minimum Gasteiger partial charge on any atom is -0.377 e. The number of ether oxygens (including phenoxy) is 1. The molecule has 5 heteroatoms. The highest BCUT2D eigenvalue weighted by atomic mass is 16.5. The number of piperidine rings is 1. The second-order valence-electron chi connectivity index (χ2n) is 6.92. The van der Waals surface area contributed by atoms with E-state index in [1.54, 1.807) is 7.11 Å². The van der Waals surface area contributed by atoms with Crippen LogP contribution in [0.15, 0.2) is 24.3 Å². The number of carbonyl (C=O) groups excluding carboxylic acids is 1. The second kappa shape index (κ2) is 7.99. The lowest BCUT2D eigenvalue weighted by molar-refractivity contribution is 0.119. The Hall–Kier alpha value is -1.59. The first-order valence-electron chi connectivity index (χ1n) is 9.10. The van der Waals surface area contributed by atoms with Crippen LogP contribution >= 0.6 is 0 Å². The Morgan fingerprint density at radius 1 is 1.25 bits per heavy atom. The smallest absolute Gasteiger partial charge is 0.321 e. The van der Waals surface area contributed by atoms with Crippen molar-refractivity contribution in [3.05, 3.63) is 29.8 Å². The monoisotopic (exact) mass is 331 g/mol. The Kier molecular flexibility index (Phi) is 5.74. The molecule has 3 rings (SSSR count). The van der Waals surface area contributed by atoms with Gasteiger partial charge in [0.1, 0.15) is 0 Å². The molecule has 1 N–H and O–H groups in total. The zero-order valence-corrected chi connectivity index (χ0v) is 14.8. The molecule has 24 heavy (non-hydrogen) atoms. The molecule has 5 nitrogen and oxygen atoms in total. The normalized spacial score (nSPS) is 23.2. The molecule has 132 valence electrons. The lowest BCUT2D eigenvalue weighted by Crippen LogP contribution is -2.50. The van der Waals surface area contributed by atoms with Crippen molar-refractivity contribution in [3.8, 4) is 0 Å². The predicted octanol–water partition coefficient (Wildman–Crippen LogP) is 3.49. The van der Waals surface area contributed by atoms with Gasteiger partial charge in [-0.25, -0.2) is 4.79 Å². The first-order valence-corrected chi connectivity index (χ1v) is 9.10. The lowest BCUT2D eigenvalue weighted by Gasteiger charge is -2.37. The van der Waals surface area contributed by atoms with Crippen molar-refractivity contribution in [3.63, 3.8) is 0 Å². The number of hydrogen-bond donors (Lipinski definition) is 1. The molecule has 0 radical (unpaired) electrons. The predicted molar refractivity (Wildman–Crippen MR) is 96.3 cm³/mol. The van der Waals surface area contributed by atoms with Gasteiger partial charge in [-0.2, -0.15) is 0 Å².